The topological polar surface area (TPSA) is 86.8 Å². The third-order valence-electron chi connectivity index (χ3n) is 4.11. The second-order valence-electron chi connectivity index (χ2n) is 7.56. The fraction of sp³-hybridized carbons (Fsp3) is 0.556. The maximum absolute atomic E-state index is 12.7. The van der Waals surface area contributed by atoms with Gasteiger partial charge in [-0.05, 0) is 39.8 Å². The summed E-state index contributed by atoms with van der Waals surface area (Å²) in [6.45, 7) is 9.15. The van der Waals surface area contributed by atoms with Gasteiger partial charge in [0.1, 0.15) is 0 Å². The first-order chi connectivity index (χ1) is 12.0. The lowest BCUT2D eigenvalue weighted by atomic mass is 10.1. The van der Waals surface area contributed by atoms with Gasteiger partial charge in [-0.25, -0.2) is 8.42 Å². The van der Waals surface area contributed by atoms with E-state index in [1.807, 2.05) is 25.7 Å². The molecule has 1 aromatic rings. The molecule has 0 unspecified atom stereocenters. The molecule has 2 rings (SSSR count). The van der Waals surface area contributed by atoms with Crippen LogP contribution >= 0.6 is 0 Å². The van der Waals surface area contributed by atoms with Crippen LogP contribution in [0.25, 0.3) is 0 Å². The molecule has 26 heavy (non-hydrogen) atoms. The molecule has 0 radical (unpaired) electrons. The number of piperazine rings is 1. The predicted octanol–water partition coefficient (Wildman–Crippen LogP) is 1.11. The summed E-state index contributed by atoms with van der Waals surface area (Å²) in [6.07, 6.45) is 0. The molecular formula is C18H27N3O4S. The van der Waals surface area contributed by atoms with E-state index in [1.54, 1.807) is 0 Å². The van der Waals surface area contributed by atoms with Crippen molar-refractivity contribution in [3.05, 3.63) is 29.8 Å². The lowest BCUT2D eigenvalue weighted by Crippen LogP contribution is -2.52. The quantitative estimate of drug-likeness (QED) is 0.772. The zero-order valence-electron chi connectivity index (χ0n) is 15.8. The molecule has 1 saturated heterocycles. The Labute approximate surface area is 155 Å². The lowest BCUT2D eigenvalue weighted by molar-refractivity contribution is -0.123. The summed E-state index contributed by atoms with van der Waals surface area (Å²) in [5.41, 5.74) is 0.201. The highest BCUT2D eigenvalue weighted by Crippen LogP contribution is 2.18. The summed E-state index contributed by atoms with van der Waals surface area (Å²) in [6, 6.07) is 6.00. The van der Waals surface area contributed by atoms with Crippen molar-refractivity contribution in [2.45, 2.75) is 38.1 Å². The summed E-state index contributed by atoms with van der Waals surface area (Å²) in [5, 5.41) is 2.91. The molecule has 1 aliphatic heterocycles. The number of benzene rings is 1. The van der Waals surface area contributed by atoms with Gasteiger partial charge in [0.25, 0.3) is 0 Å². The van der Waals surface area contributed by atoms with Crippen molar-refractivity contribution in [2.75, 3.05) is 32.7 Å². The molecule has 0 saturated carbocycles. The second-order valence-corrected chi connectivity index (χ2v) is 9.50. The van der Waals surface area contributed by atoms with Crippen LogP contribution in [0.15, 0.2) is 29.2 Å². The van der Waals surface area contributed by atoms with Crippen LogP contribution in [0, 0.1) is 0 Å². The molecular weight excluding hydrogens is 354 g/mol. The molecule has 1 aromatic carbocycles. The van der Waals surface area contributed by atoms with Gasteiger partial charge >= 0.3 is 0 Å². The number of nitrogens with one attached hydrogen (secondary N) is 1. The number of carbonyl (C=O) groups is 2. The number of Topliss-reactive ketones (excluding diaryl/α,β-unsaturated/α-hetero) is 1. The normalized spacial score (nSPS) is 17.1. The largest absolute Gasteiger partial charge is 0.350 e. The average molecular weight is 381 g/mol. The third-order valence-corrected chi connectivity index (χ3v) is 6.02. The van der Waals surface area contributed by atoms with E-state index in [4.69, 9.17) is 0 Å². The monoisotopic (exact) mass is 381 g/mol. The van der Waals surface area contributed by atoms with Crippen LogP contribution in [-0.2, 0) is 14.8 Å². The van der Waals surface area contributed by atoms with Gasteiger partial charge in [0, 0.05) is 37.3 Å². The van der Waals surface area contributed by atoms with Gasteiger partial charge in [-0.2, -0.15) is 4.31 Å². The third kappa shape index (κ3) is 5.36. The van der Waals surface area contributed by atoms with Gasteiger partial charge < -0.3 is 5.32 Å². The van der Waals surface area contributed by atoms with Crippen molar-refractivity contribution < 1.29 is 18.0 Å². The van der Waals surface area contributed by atoms with E-state index in [9.17, 15) is 18.0 Å². The van der Waals surface area contributed by atoms with Crippen LogP contribution < -0.4 is 5.32 Å². The van der Waals surface area contributed by atoms with Gasteiger partial charge in [0.15, 0.2) is 5.78 Å². The Morgan fingerprint density at radius 3 is 2.04 bits per heavy atom. The highest BCUT2D eigenvalue weighted by atomic mass is 32.2. The number of nitrogens with zero attached hydrogens (tertiary/aromatic N) is 2. The average Bonchev–Trinajstić information content (AvgIpc) is 2.53. The molecule has 7 nitrogen and oxygen atoms in total. The van der Waals surface area contributed by atoms with Gasteiger partial charge in [-0.15, -0.1) is 0 Å². The highest BCUT2D eigenvalue weighted by Gasteiger charge is 2.29. The van der Waals surface area contributed by atoms with Crippen LogP contribution in [0.3, 0.4) is 0 Å². The number of carbonyl (C=O) groups excluding carboxylic acids is 2. The molecule has 0 bridgehead atoms. The van der Waals surface area contributed by atoms with Gasteiger partial charge in [-0.1, -0.05) is 12.1 Å². The Kier molecular flexibility index (Phi) is 6.21. The van der Waals surface area contributed by atoms with E-state index in [-0.39, 0.29) is 28.7 Å². The second kappa shape index (κ2) is 7.85. The zero-order valence-corrected chi connectivity index (χ0v) is 16.6. The number of sulfonamides is 1. The van der Waals surface area contributed by atoms with Crippen LogP contribution in [0.1, 0.15) is 38.1 Å². The van der Waals surface area contributed by atoms with Crippen molar-refractivity contribution in [3.8, 4) is 0 Å². The van der Waals surface area contributed by atoms with Crippen molar-refractivity contribution in [2.24, 2.45) is 0 Å². The smallest absolute Gasteiger partial charge is 0.243 e. The summed E-state index contributed by atoms with van der Waals surface area (Å²) in [7, 11) is -3.59. The Morgan fingerprint density at radius 2 is 1.58 bits per heavy atom. The first-order valence-electron chi connectivity index (χ1n) is 8.63. The summed E-state index contributed by atoms with van der Waals surface area (Å²) < 4.78 is 26.9. The maximum atomic E-state index is 12.7. The fourth-order valence-corrected chi connectivity index (χ4v) is 4.22. The number of hydrogen-bond donors (Lipinski definition) is 1. The van der Waals surface area contributed by atoms with Gasteiger partial charge in [0.05, 0.1) is 11.4 Å². The van der Waals surface area contributed by atoms with Crippen molar-refractivity contribution in [1.82, 2.24) is 14.5 Å². The predicted molar refractivity (Wildman–Crippen MR) is 99.5 cm³/mol. The SMILES string of the molecule is CC(=O)c1ccc(S(=O)(=O)N2CCN(CC(=O)NC(C)(C)C)CC2)cc1. The summed E-state index contributed by atoms with van der Waals surface area (Å²) in [4.78, 5) is 25.5. The first kappa shape index (κ1) is 20.5. The number of ketones is 1. The summed E-state index contributed by atoms with van der Waals surface area (Å²) in [5.74, 6) is -0.162. The number of amides is 1. The molecule has 1 fully saturated rings. The Morgan fingerprint density at radius 1 is 1.04 bits per heavy atom. The molecule has 1 N–H and O–H groups in total. The Bertz CT molecular complexity index is 759. The summed E-state index contributed by atoms with van der Waals surface area (Å²) >= 11 is 0. The lowest BCUT2D eigenvalue weighted by Gasteiger charge is -2.34. The Hall–Kier alpha value is -1.77. The van der Waals surface area contributed by atoms with Crippen molar-refractivity contribution >= 4 is 21.7 Å². The standard InChI is InChI=1S/C18H27N3O4S/c1-14(22)15-5-7-16(8-6-15)26(24,25)21-11-9-20(10-12-21)13-17(23)19-18(2,3)4/h5-8H,9-13H2,1-4H3,(H,19,23). The van der Waals surface area contributed by atoms with Crippen LogP contribution in [0.4, 0.5) is 0 Å². The van der Waals surface area contributed by atoms with E-state index < -0.39 is 10.0 Å². The van der Waals surface area contributed by atoms with E-state index >= 15 is 0 Å². The maximum Gasteiger partial charge on any atom is 0.243 e. The molecule has 0 atom stereocenters. The van der Waals surface area contributed by atoms with Crippen molar-refractivity contribution in [1.29, 1.82) is 0 Å². The van der Waals surface area contributed by atoms with Crippen molar-refractivity contribution in [3.63, 3.8) is 0 Å². The molecule has 1 amide bonds. The minimum Gasteiger partial charge on any atom is -0.350 e. The van der Waals surface area contributed by atoms with E-state index in [0.717, 1.165) is 0 Å². The van der Waals surface area contributed by atoms with Gasteiger partial charge in [-0.3, -0.25) is 14.5 Å². The molecule has 0 aliphatic carbocycles. The van der Waals surface area contributed by atoms with E-state index in [0.29, 0.717) is 31.7 Å². The van der Waals surface area contributed by atoms with E-state index in [1.165, 1.54) is 35.5 Å². The Balaban J connectivity index is 1.96. The van der Waals surface area contributed by atoms with E-state index in [2.05, 4.69) is 5.32 Å². The minimum absolute atomic E-state index is 0.0615. The first-order valence-corrected chi connectivity index (χ1v) is 10.1. The van der Waals surface area contributed by atoms with Crippen LogP contribution in [0.5, 0.6) is 0 Å². The molecule has 0 spiro atoms. The molecule has 1 aliphatic rings. The van der Waals surface area contributed by atoms with Crippen LogP contribution in [-0.4, -0.2) is 67.6 Å². The number of hydrogen-bond acceptors (Lipinski definition) is 5. The fourth-order valence-electron chi connectivity index (χ4n) is 2.80. The highest BCUT2D eigenvalue weighted by molar-refractivity contribution is 7.89. The van der Waals surface area contributed by atoms with Gasteiger partial charge in [0.2, 0.25) is 15.9 Å². The minimum atomic E-state index is -3.59. The number of rotatable bonds is 5. The molecule has 8 heteroatoms. The molecule has 0 aromatic heterocycles. The molecule has 144 valence electrons. The molecule has 1 heterocycles. The van der Waals surface area contributed by atoms with Crippen LogP contribution in [0.2, 0.25) is 0 Å². The zero-order chi connectivity index (χ0) is 19.5.